The second-order valence-electron chi connectivity index (χ2n) is 5.74. The number of hydrogen-bond acceptors (Lipinski definition) is 4. The van der Waals surface area contributed by atoms with Gasteiger partial charge in [-0.15, -0.1) is 0 Å². The van der Waals surface area contributed by atoms with Gasteiger partial charge in [-0.2, -0.15) is 0 Å². The van der Waals surface area contributed by atoms with Gasteiger partial charge in [-0.1, -0.05) is 13.8 Å². The Morgan fingerprint density at radius 1 is 1.13 bits per heavy atom. The average Bonchev–Trinajstić information content (AvgIpc) is 2.48. The van der Waals surface area contributed by atoms with E-state index in [4.69, 9.17) is 10.5 Å². The standard InChI is InChI=1S/C17H22N2O3S/c1-11(2)15-10-16(12(3)9-17(15)22-4)19-23(20,21)14-7-5-13(18)6-8-14/h5-11,19H,18H2,1-4H3. The van der Waals surface area contributed by atoms with Crippen LogP contribution in [-0.2, 0) is 10.0 Å². The van der Waals surface area contributed by atoms with Crippen LogP contribution in [-0.4, -0.2) is 15.5 Å². The monoisotopic (exact) mass is 334 g/mol. The topological polar surface area (TPSA) is 81.4 Å². The highest BCUT2D eigenvalue weighted by Gasteiger charge is 2.18. The molecule has 0 aliphatic carbocycles. The van der Waals surface area contributed by atoms with Gasteiger partial charge in [0, 0.05) is 5.69 Å². The molecule has 0 saturated heterocycles. The third kappa shape index (κ3) is 3.76. The highest BCUT2D eigenvalue weighted by molar-refractivity contribution is 7.92. The second kappa shape index (κ2) is 6.50. The number of sulfonamides is 1. The molecule has 0 aromatic heterocycles. The molecular formula is C17H22N2O3S. The van der Waals surface area contributed by atoms with Gasteiger partial charge in [-0.3, -0.25) is 4.72 Å². The summed E-state index contributed by atoms with van der Waals surface area (Å²) in [4.78, 5) is 0.174. The van der Waals surface area contributed by atoms with Crippen molar-refractivity contribution in [2.75, 3.05) is 17.6 Å². The number of benzene rings is 2. The fraction of sp³-hybridized carbons (Fsp3) is 0.294. The molecule has 3 N–H and O–H groups in total. The molecule has 0 aliphatic rings. The molecule has 0 heterocycles. The molecule has 124 valence electrons. The first kappa shape index (κ1) is 17.1. The molecule has 0 atom stereocenters. The first-order valence-electron chi connectivity index (χ1n) is 7.31. The van der Waals surface area contributed by atoms with Gasteiger partial charge in [0.25, 0.3) is 10.0 Å². The van der Waals surface area contributed by atoms with E-state index in [1.807, 2.05) is 32.9 Å². The van der Waals surface area contributed by atoms with Gasteiger partial charge in [-0.05, 0) is 60.4 Å². The van der Waals surface area contributed by atoms with Gasteiger partial charge >= 0.3 is 0 Å². The lowest BCUT2D eigenvalue weighted by Gasteiger charge is -2.17. The predicted octanol–water partition coefficient (Wildman–Crippen LogP) is 3.51. The minimum absolute atomic E-state index is 0.174. The molecule has 0 fully saturated rings. The smallest absolute Gasteiger partial charge is 0.261 e. The van der Waals surface area contributed by atoms with Crippen molar-refractivity contribution >= 4 is 21.4 Å². The van der Waals surface area contributed by atoms with Crippen molar-refractivity contribution in [1.82, 2.24) is 0 Å². The maximum Gasteiger partial charge on any atom is 0.261 e. The van der Waals surface area contributed by atoms with E-state index in [2.05, 4.69) is 4.72 Å². The predicted molar refractivity (Wildman–Crippen MR) is 93.5 cm³/mol. The Morgan fingerprint density at radius 3 is 2.26 bits per heavy atom. The zero-order valence-electron chi connectivity index (χ0n) is 13.8. The fourth-order valence-electron chi connectivity index (χ4n) is 2.29. The normalized spacial score (nSPS) is 11.5. The van der Waals surface area contributed by atoms with E-state index in [1.165, 1.54) is 12.1 Å². The van der Waals surface area contributed by atoms with Gasteiger partial charge in [-0.25, -0.2) is 8.42 Å². The van der Waals surface area contributed by atoms with Crippen LogP contribution < -0.4 is 15.2 Å². The van der Waals surface area contributed by atoms with Crippen LogP contribution >= 0.6 is 0 Å². The van der Waals surface area contributed by atoms with E-state index >= 15 is 0 Å². The molecule has 0 unspecified atom stereocenters. The maximum atomic E-state index is 12.5. The minimum atomic E-state index is -3.66. The summed E-state index contributed by atoms with van der Waals surface area (Å²) in [6.07, 6.45) is 0. The van der Waals surface area contributed by atoms with Gasteiger partial charge in [0.2, 0.25) is 0 Å². The number of nitrogens with two attached hydrogens (primary N) is 1. The Labute approximate surface area is 137 Å². The molecule has 0 radical (unpaired) electrons. The van der Waals surface area contributed by atoms with Crippen LogP contribution in [0.15, 0.2) is 41.3 Å². The molecule has 2 rings (SSSR count). The molecular weight excluding hydrogens is 312 g/mol. The van der Waals surface area contributed by atoms with E-state index < -0.39 is 10.0 Å². The summed E-state index contributed by atoms with van der Waals surface area (Å²) in [5.74, 6) is 0.971. The van der Waals surface area contributed by atoms with Gasteiger partial charge in [0.15, 0.2) is 0 Å². The Bertz CT molecular complexity index is 797. The van der Waals surface area contributed by atoms with Crippen molar-refractivity contribution in [2.24, 2.45) is 0 Å². The lowest BCUT2D eigenvalue weighted by molar-refractivity contribution is 0.407. The van der Waals surface area contributed by atoms with Crippen LogP contribution in [0.25, 0.3) is 0 Å². The molecule has 0 saturated carbocycles. The fourth-order valence-corrected chi connectivity index (χ4v) is 3.41. The Hall–Kier alpha value is -2.21. The van der Waals surface area contributed by atoms with Crippen molar-refractivity contribution < 1.29 is 13.2 Å². The summed E-state index contributed by atoms with van der Waals surface area (Å²) in [5.41, 5.74) is 8.42. The molecule has 2 aromatic carbocycles. The number of rotatable bonds is 5. The van der Waals surface area contributed by atoms with E-state index in [9.17, 15) is 8.42 Å². The maximum absolute atomic E-state index is 12.5. The molecule has 0 bridgehead atoms. The summed E-state index contributed by atoms with van der Waals surface area (Å²) in [6.45, 7) is 5.91. The van der Waals surface area contributed by atoms with E-state index in [-0.39, 0.29) is 10.8 Å². The van der Waals surface area contributed by atoms with Crippen LogP contribution in [0, 0.1) is 6.92 Å². The molecule has 0 spiro atoms. The summed E-state index contributed by atoms with van der Waals surface area (Å²) in [5, 5.41) is 0. The lowest BCUT2D eigenvalue weighted by atomic mass is 9.99. The number of ether oxygens (including phenoxy) is 1. The zero-order valence-corrected chi connectivity index (χ0v) is 14.6. The molecule has 6 heteroatoms. The van der Waals surface area contributed by atoms with Crippen LogP contribution in [0.2, 0.25) is 0 Å². The number of anilines is 2. The van der Waals surface area contributed by atoms with Crippen molar-refractivity contribution in [3.05, 3.63) is 47.5 Å². The lowest BCUT2D eigenvalue weighted by Crippen LogP contribution is -2.14. The van der Waals surface area contributed by atoms with E-state index in [0.29, 0.717) is 11.4 Å². The Balaban J connectivity index is 2.43. The van der Waals surface area contributed by atoms with E-state index in [0.717, 1.165) is 16.9 Å². The zero-order chi connectivity index (χ0) is 17.2. The minimum Gasteiger partial charge on any atom is -0.496 e. The third-order valence-corrected chi connectivity index (χ3v) is 5.01. The number of nitrogens with one attached hydrogen (secondary N) is 1. The highest BCUT2D eigenvalue weighted by atomic mass is 32.2. The number of methoxy groups -OCH3 is 1. The van der Waals surface area contributed by atoms with Crippen LogP contribution in [0.4, 0.5) is 11.4 Å². The number of nitrogen functional groups attached to an aromatic ring is 1. The highest BCUT2D eigenvalue weighted by Crippen LogP contribution is 2.33. The van der Waals surface area contributed by atoms with Crippen LogP contribution in [0.3, 0.4) is 0 Å². The van der Waals surface area contributed by atoms with E-state index in [1.54, 1.807) is 19.2 Å². The SMILES string of the molecule is COc1cc(C)c(NS(=O)(=O)c2ccc(N)cc2)cc1C(C)C. The largest absolute Gasteiger partial charge is 0.496 e. The number of aryl methyl sites for hydroxylation is 1. The summed E-state index contributed by atoms with van der Waals surface area (Å²) in [6, 6.07) is 9.77. The second-order valence-corrected chi connectivity index (χ2v) is 7.42. The van der Waals surface area contributed by atoms with Crippen molar-refractivity contribution in [1.29, 1.82) is 0 Å². The van der Waals surface area contributed by atoms with Crippen LogP contribution in [0.5, 0.6) is 5.75 Å². The first-order chi connectivity index (χ1) is 10.7. The van der Waals surface area contributed by atoms with Crippen molar-refractivity contribution in [2.45, 2.75) is 31.6 Å². The number of hydrogen-bond donors (Lipinski definition) is 2. The first-order valence-corrected chi connectivity index (χ1v) is 8.80. The van der Waals surface area contributed by atoms with Crippen LogP contribution in [0.1, 0.15) is 30.9 Å². The molecule has 0 aliphatic heterocycles. The molecule has 5 nitrogen and oxygen atoms in total. The van der Waals surface area contributed by atoms with Crippen molar-refractivity contribution in [3.63, 3.8) is 0 Å². The summed E-state index contributed by atoms with van der Waals surface area (Å²) < 4.78 is 33.1. The van der Waals surface area contributed by atoms with Crippen molar-refractivity contribution in [3.8, 4) is 5.75 Å². The molecule has 2 aromatic rings. The Morgan fingerprint density at radius 2 is 1.74 bits per heavy atom. The summed E-state index contributed by atoms with van der Waals surface area (Å²) >= 11 is 0. The Kier molecular flexibility index (Phi) is 4.85. The molecule has 0 amide bonds. The summed E-state index contributed by atoms with van der Waals surface area (Å²) in [7, 11) is -2.05. The quantitative estimate of drug-likeness (QED) is 0.820. The molecule has 23 heavy (non-hydrogen) atoms. The van der Waals surface area contributed by atoms with Gasteiger partial charge in [0.05, 0.1) is 17.7 Å². The van der Waals surface area contributed by atoms with Gasteiger partial charge in [0.1, 0.15) is 5.75 Å². The third-order valence-electron chi connectivity index (χ3n) is 3.63. The average molecular weight is 334 g/mol. The van der Waals surface area contributed by atoms with Gasteiger partial charge < -0.3 is 10.5 Å².